The van der Waals surface area contributed by atoms with E-state index < -0.39 is 0 Å². The van der Waals surface area contributed by atoms with Crippen LogP contribution in [0.3, 0.4) is 0 Å². The molecule has 0 saturated heterocycles. The van der Waals surface area contributed by atoms with Crippen molar-refractivity contribution in [1.82, 2.24) is 0 Å². The van der Waals surface area contributed by atoms with Crippen LogP contribution >= 0.6 is 0 Å². The normalized spacial score (nSPS) is 12.0. The summed E-state index contributed by atoms with van der Waals surface area (Å²) in [7, 11) is 1.73. The highest BCUT2D eigenvalue weighted by Gasteiger charge is 2.07. The van der Waals surface area contributed by atoms with E-state index >= 15 is 0 Å². The van der Waals surface area contributed by atoms with E-state index in [1.807, 2.05) is 43.3 Å². The van der Waals surface area contributed by atoms with Gasteiger partial charge in [-0.25, -0.2) is 0 Å². The summed E-state index contributed by atoms with van der Waals surface area (Å²) in [4.78, 5) is 4.08. The maximum Gasteiger partial charge on any atom is 0.132 e. The second-order valence-corrected chi connectivity index (χ2v) is 3.49. The number of hydrogen-bond acceptors (Lipinski definition) is 2. The minimum absolute atomic E-state index is 0.316. The molecule has 2 heteroatoms. The lowest BCUT2D eigenvalue weighted by molar-refractivity contribution is 0.480. The standard InChI is InChI=1S/C13H13NO/c1-9(14-2)11-8-7-10-5-3-4-6-12(10)13(11)15/h3-8,15H,1-2H3/b14-9+. The van der Waals surface area contributed by atoms with E-state index in [4.69, 9.17) is 0 Å². The van der Waals surface area contributed by atoms with Crippen LogP contribution in [0, 0.1) is 0 Å². The molecule has 0 aliphatic rings. The molecule has 15 heavy (non-hydrogen) atoms. The number of hydrogen-bond donors (Lipinski definition) is 1. The zero-order valence-electron chi connectivity index (χ0n) is 8.86. The number of phenolic OH excluding ortho intramolecular Hbond substituents is 1. The maximum atomic E-state index is 10.1. The lowest BCUT2D eigenvalue weighted by Gasteiger charge is -2.06. The maximum absolute atomic E-state index is 10.1. The molecule has 0 heterocycles. The summed E-state index contributed by atoms with van der Waals surface area (Å²) in [5.41, 5.74) is 1.65. The van der Waals surface area contributed by atoms with E-state index in [9.17, 15) is 5.11 Å². The minimum atomic E-state index is 0.316. The van der Waals surface area contributed by atoms with Crippen LogP contribution in [0.5, 0.6) is 5.75 Å². The van der Waals surface area contributed by atoms with E-state index in [1.165, 1.54) is 0 Å². The number of fused-ring (bicyclic) bond motifs is 1. The molecule has 0 fully saturated rings. The van der Waals surface area contributed by atoms with Crippen molar-refractivity contribution < 1.29 is 5.11 Å². The second kappa shape index (κ2) is 3.73. The lowest BCUT2D eigenvalue weighted by Crippen LogP contribution is -1.94. The van der Waals surface area contributed by atoms with Gasteiger partial charge >= 0.3 is 0 Å². The number of benzene rings is 2. The number of phenols is 1. The molecule has 0 atom stereocenters. The van der Waals surface area contributed by atoms with Crippen LogP contribution in [0.4, 0.5) is 0 Å². The van der Waals surface area contributed by atoms with E-state index in [1.54, 1.807) is 7.05 Å². The fraction of sp³-hybridized carbons (Fsp3) is 0.154. The third-order valence-corrected chi connectivity index (χ3v) is 2.63. The van der Waals surface area contributed by atoms with Crippen LogP contribution < -0.4 is 0 Å². The molecular weight excluding hydrogens is 186 g/mol. The lowest BCUT2D eigenvalue weighted by atomic mass is 10.0. The van der Waals surface area contributed by atoms with Crippen LogP contribution in [0.1, 0.15) is 12.5 Å². The fourth-order valence-electron chi connectivity index (χ4n) is 1.67. The average Bonchev–Trinajstić information content (AvgIpc) is 2.29. The van der Waals surface area contributed by atoms with Crippen molar-refractivity contribution in [1.29, 1.82) is 0 Å². The third kappa shape index (κ3) is 1.59. The van der Waals surface area contributed by atoms with Gasteiger partial charge in [0.1, 0.15) is 5.75 Å². The van der Waals surface area contributed by atoms with Gasteiger partial charge in [-0.1, -0.05) is 30.3 Å². The predicted octanol–water partition coefficient (Wildman–Crippen LogP) is 2.98. The molecule has 0 amide bonds. The highest BCUT2D eigenvalue weighted by Crippen LogP contribution is 2.28. The third-order valence-electron chi connectivity index (χ3n) is 2.63. The summed E-state index contributed by atoms with van der Waals surface area (Å²) in [6, 6.07) is 11.7. The van der Waals surface area contributed by atoms with Crippen LogP contribution in [0.25, 0.3) is 10.8 Å². The topological polar surface area (TPSA) is 32.6 Å². The SMILES string of the molecule is C/N=C(\C)c1ccc2ccccc2c1O. The van der Waals surface area contributed by atoms with Gasteiger partial charge in [-0.05, 0) is 18.4 Å². The highest BCUT2D eigenvalue weighted by molar-refractivity contribution is 6.06. The van der Waals surface area contributed by atoms with Gasteiger partial charge < -0.3 is 5.11 Å². The van der Waals surface area contributed by atoms with Gasteiger partial charge in [0.25, 0.3) is 0 Å². The Morgan fingerprint density at radius 3 is 2.60 bits per heavy atom. The molecule has 1 N–H and O–H groups in total. The van der Waals surface area contributed by atoms with E-state index in [0.717, 1.165) is 22.0 Å². The molecule has 2 rings (SSSR count). The molecule has 2 aromatic carbocycles. The molecule has 0 aliphatic carbocycles. The molecule has 0 radical (unpaired) electrons. The molecule has 0 spiro atoms. The Kier molecular flexibility index (Phi) is 2.42. The minimum Gasteiger partial charge on any atom is -0.507 e. The Labute approximate surface area is 88.9 Å². The van der Waals surface area contributed by atoms with E-state index in [-0.39, 0.29) is 0 Å². The fourth-order valence-corrected chi connectivity index (χ4v) is 1.67. The Morgan fingerprint density at radius 1 is 1.13 bits per heavy atom. The number of aromatic hydroxyl groups is 1. The zero-order valence-corrected chi connectivity index (χ0v) is 8.86. The number of aliphatic imine (C=N–C) groups is 1. The number of nitrogens with zero attached hydrogens (tertiary/aromatic N) is 1. The molecule has 0 bridgehead atoms. The molecule has 0 aromatic heterocycles. The Balaban J connectivity index is 2.76. The summed E-state index contributed by atoms with van der Waals surface area (Å²) >= 11 is 0. The largest absolute Gasteiger partial charge is 0.507 e. The summed E-state index contributed by atoms with van der Waals surface area (Å²) in [6.07, 6.45) is 0. The number of rotatable bonds is 1. The first kappa shape index (κ1) is 9.71. The smallest absolute Gasteiger partial charge is 0.132 e. The van der Waals surface area contributed by atoms with Gasteiger partial charge in [-0.15, -0.1) is 0 Å². The average molecular weight is 199 g/mol. The predicted molar refractivity (Wildman–Crippen MR) is 63.7 cm³/mol. The Hall–Kier alpha value is -1.83. The molecule has 2 nitrogen and oxygen atoms in total. The second-order valence-electron chi connectivity index (χ2n) is 3.49. The van der Waals surface area contributed by atoms with Crippen molar-refractivity contribution in [3.05, 3.63) is 42.0 Å². The van der Waals surface area contributed by atoms with Gasteiger partial charge in [0.05, 0.1) is 0 Å². The summed E-state index contributed by atoms with van der Waals surface area (Å²) in [5, 5.41) is 12.0. The molecule has 2 aromatic rings. The van der Waals surface area contributed by atoms with Gasteiger partial charge in [0, 0.05) is 23.7 Å². The molecule has 0 saturated carbocycles. The highest BCUT2D eigenvalue weighted by atomic mass is 16.3. The van der Waals surface area contributed by atoms with E-state index in [0.29, 0.717) is 5.75 Å². The van der Waals surface area contributed by atoms with Crippen molar-refractivity contribution >= 4 is 16.5 Å². The van der Waals surface area contributed by atoms with Crippen molar-refractivity contribution in [3.63, 3.8) is 0 Å². The molecule has 0 aliphatic heterocycles. The summed E-state index contributed by atoms with van der Waals surface area (Å²) in [6.45, 7) is 1.89. The quantitative estimate of drug-likeness (QED) is 0.703. The van der Waals surface area contributed by atoms with Gasteiger partial charge in [0.2, 0.25) is 0 Å². The summed E-state index contributed by atoms with van der Waals surface area (Å²) in [5.74, 6) is 0.316. The monoisotopic (exact) mass is 199 g/mol. The first-order chi connectivity index (χ1) is 7.24. The van der Waals surface area contributed by atoms with Crippen LogP contribution in [0.2, 0.25) is 0 Å². The van der Waals surface area contributed by atoms with Crippen LogP contribution in [-0.4, -0.2) is 17.9 Å². The Bertz CT molecular complexity index is 529. The van der Waals surface area contributed by atoms with Gasteiger partial charge in [0.15, 0.2) is 0 Å². The van der Waals surface area contributed by atoms with Crippen molar-refractivity contribution in [2.75, 3.05) is 7.05 Å². The van der Waals surface area contributed by atoms with Crippen molar-refractivity contribution in [3.8, 4) is 5.75 Å². The van der Waals surface area contributed by atoms with Crippen LogP contribution in [-0.2, 0) is 0 Å². The zero-order chi connectivity index (χ0) is 10.8. The van der Waals surface area contributed by atoms with E-state index in [2.05, 4.69) is 4.99 Å². The molecule has 76 valence electrons. The van der Waals surface area contributed by atoms with Crippen molar-refractivity contribution in [2.24, 2.45) is 4.99 Å². The van der Waals surface area contributed by atoms with Crippen molar-refractivity contribution in [2.45, 2.75) is 6.92 Å². The Morgan fingerprint density at radius 2 is 1.87 bits per heavy atom. The van der Waals surface area contributed by atoms with Crippen LogP contribution in [0.15, 0.2) is 41.4 Å². The summed E-state index contributed by atoms with van der Waals surface area (Å²) < 4.78 is 0. The molecular formula is C13H13NO. The first-order valence-electron chi connectivity index (χ1n) is 4.88. The molecule has 0 unspecified atom stereocenters. The van der Waals surface area contributed by atoms with Gasteiger partial charge in [-0.3, -0.25) is 4.99 Å². The van der Waals surface area contributed by atoms with Gasteiger partial charge in [-0.2, -0.15) is 0 Å². The first-order valence-corrected chi connectivity index (χ1v) is 4.88.